The number of carbonyl (C=O) groups excluding carboxylic acids is 2. The van der Waals surface area contributed by atoms with Crippen molar-refractivity contribution in [2.24, 2.45) is 17.6 Å². The molecule has 1 aliphatic rings. The highest BCUT2D eigenvalue weighted by Gasteiger charge is 2.32. The minimum atomic E-state index is -0.609. The van der Waals surface area contributed by atoms with E-state index in [9.17, 15) is 9.59 Å². The zero-order valence-corrected chi connectivity index (χ0v) is 13.3. The Labute approximate surface area is 128 Å². The van der Waals surface area contributed by atoms with Gasteiger partial charge < -0.3 is 21.1 Å². The van der Waals surface area contributed by atoms with Gasteiger partial charge in [-0.1, -0.05) is 13.8 Å². The van der Waals surface area contributed by atoms with E-state index >= 15 is 0 Å². The summed E-state index contributed by atoms with van der Waals surface area (Å²) in [6.45, 7) is 6.06. The molecule has 116 valence electrons. The molecule has 1 aromatic rings. The molecule has 0 bridgehead atoms. The molecule has 1 fully saturated rings. The quantitative estimate of drug-likeness (QED) is 0.825. The molecular weight excluding hydrogens is 290 g/mol. The summed E-state index contributed by atoms with van der Waals surface area (Å²) in [7, 11) is 1.29. The van der Waals surface area contributed by atoms with Crippen molar-refractivity contribution >= 4 is 33.9 Å². The van der Waals surface area contributed by atoms with Gasteiger partial charge in [0, 0.05) is 13.1 Å². The summed E-state index contributed by atoms with van der Waals surface area (Å²) in [5, 5.41) is 0.684. The topological polar surface area (TPSA) is 98.6 Å². The second-order valence-electron chi connectivity index (χ2n) is 5.62. The number of amides is 1. The normalized spacial score (nSPS) is 18.3. The largest absolute Gasteiger partial charge is 0.465 e. The van der Waals surface area contributed by atoms with Crippen molar-refractivity contribution < 1.29 is 14.3 Å². The third kappa shape index (κ3) is 2.83. The third-order valence-corrected chi connectivity index (χ3v) is 5.24. The second-order valence-corrected chi connectivity index (χ2v) is 6.62. The zero-order valence-electron chi connectivity index (χ0n) is 12.5. The van der Waals surface area contributed by atoms with E-state index < -0.39 is 11.9 Å². The fourth-order valence-electron chi connectivity index (χ4n) is 2.65. The van der Waals surface area contributed by atoms with Crippen LogP contribution in [0.2, 0.25) is 0 Å². The van der Waals surface area contributed by atoms with Crippen molar-refractivity contribution in [2.75, 3.05) is 30.8 Å². The Kier molecular flexibility index (Phi) is 4.41. The summed E-state index contributed by atoms with van der Waals surface area (Å²) in [6.07, 6.45) is 1.06. The third-order valence-electron chi connectivity index (χ3n) is 4.00. The Morgan fingerprint density at radius 2 is 2.10 bits per heavy atom. The highest BCUT2D eigenvalue weighted by atomic mass is 32.1. The number of hydrogen-bond donors (Lipinski definition) is 2. The molecule has 0 spiro atoms. The Morgan fingerprint density at radius 1 is 1.43 bits per heavy atom. The number of primary amides is 1. The molecule has 0 aromatic carbocycles. The smallest absolute Gasteiger partial charge is 0.350 e. The van der Waals surface area contributed by atoms with Crippen molar-refractivity contribution in [3.05, 3.63) is 10.4 Å². The van der Waals surface area contributed by atoms with Crippen molar-refractivity contribution in [3.8, 4) is 0 Å². The number of thiophene rings is 1. The predicted octanol–water partition coefficient (Wildman–Crippen LogP) is 1.70. The Hall–Kier alpha value is -1.76. The minimum absolute atomic E-state index is 0.127. The van der Waals surface area contributed by atoms with Crippen LogP contribution in [0.1, 0.15) is 40.3 Å². The molecule has 1 aliphatic heterocycles. The number of carbonyl (C=O) groups is 2. The average molecular weight is 311 g/mol. The van der Waals surface area contributed by atoms with Gasteiger partial charge in [-0.15, -0.1) is 11.3 Å². The fraction of sp³-hybridized carbons (Fsp3) is 0.571. The lowest BCUT2D eigenvalue weighted by molar-refractivity contribution is 0.0607. The zero-order chi connectivity index (χ0) is 15.7. The monoisotopic (exact) mass is 311 g/mol. The first-order valence-electron chi connectivity index (χ1n) is 6.92. The number of hydrogen-bond acceptors (Lipinski definition) is 6. The van der Waals surface area contributed by atoms with E-state index in [1.807, 2.05) is 0 Å². The van der Waals surface area contributed by atoms with Crippen LogP contribution in [-0.4, -0.2) is 32.1 Å². The summed E-state index contributed by atoms with van der Waals surface area (Å²) in [5.41, 5.74) is 11.7. The molecule has 1 saturated heterocycles. The van der Waals surface area contributed by atoms with Gasteiger partial charge in [0.25, 0.3) is 5.91 Å². The van der Waals surface area contributed by atoms with E-state index in [0.29, 0.717) is 16.8 Å². The standard InChI is InChI=1S/C14H21N3O3S/c1-7(2)8-4-5-17(6-8)13-9(12(16)18)10(15)11(21-13)14(19)20-3/h7-8H,4-6,15H2,1-3H3,(H2,16,18). The number of nitrogens with zero attached hydrogens (tertiary/aromatic N) is 1. The van der Waals surface area contributed by atoms with E-state index in [0.717, 1.165) is 19.5 Å². The molecule has 21 heavy (non-hydrogen) atoms. The molecular formula is C14H21N3O3S. The van der Waals surface area contributed by atoms with Gasteiger partial charge in [0.1, 0.15) is 9.88 Å². The lowest BCUT2D eigenvalue weighted by Crippen LogP contribution is -2.24. The first-order valence-corrected chi connectivity index (χ1v) is 7.73. The van der Waals surface area contributed by atoms with Gasteiger partial charge in [0.15, 0.2) is 0 Å². The van der Waals surface area contributed by atoms with Crippen LogP contribution in [0.3, 0.4) is 0 Å². The average Bonchev–Trinajstić information content (AvgIpc) is 3.01. The number of ether oxygens (including phenoxy) is 1. The highest BCUT2D eigenvalue weighted by Crippen LogP contribution is 2.41. The van der Waals surface area contributed by atoms with E-state index in [2.05, 4.69) is 18.7 Å². The molecule has 0 saturated carbocycles. The Morgan fingerprint density at radius 3 is 2.57 bits per heavy atom. The molecule has 0 aliphatic carbocycles. The molecule has 1 unspecified atom stereocenters. The Balaban J connectivity index is 2.39. The maximum atomic E-state index is 11.7. The number of nitrogen functional groups attached to an aromatic ring is 1. The molecule has 1 amide bonds. The van der Waals surface area contributed by atoms with Crippen molar-refractivity contribution in [3.63, 3.8) is 0 Å². The summed E-state index contributed by atoms with van der Waals surface area (Å²) in [5.74, 6) is -0.00667. The molecule has 6 nitrogen and oxygen atoms in total. The van der Waals surface area contributed by atoms with Crippen LogP contribution in [0.4, 0.5) is 10.7 Å². The van der Waals surface area contributed by atoms with E-state index in [-0.39, 0.29) is 16.1 Å². The van der Waals surface area contributed by atoms with Gasteiger partial charge in [-0.2, -0.15) is 0 Å². The summed E-state index contributed by atoms with van der Waals surface area (Å²) >= 11 is 1.18. The first kappa shape index (κ1) is 15.6. The van der Waals surface area contributed by atoms with E-state index in [1.54, 1.807) is 0 Å². The van der Waals surface area contributed by atoms with Crippen LogP contribution >= 0.6 is 11.3 Å². The van der Waals surface area contributed by atoms with Crippen molar-refractivity contribution in [2.45, 2.75) is 20.3 Å². The molecule has 1 aromatic heterocycles. The predicted molar refractivity (Wildman–Crippen MR) is 83.7 cm³/mol. The molecule has 2 heterocycles. The van der Waals surface area contributed by atoms with Crippen LogP contribution in [0, 0.1) is 11.8 Å². The lowest BCUT2D eigenvalue weighted by atomic mass is 9.95. The number of methoxy groups -OCH3 is 1. The second kappa shape index (κ2) is 5.93. The van der Waals surface area contributed by atoms with Crippen LogP contribution in [0.25, 0.3) is 0 Å². The van der Waals surface area contributed by atoms with E-state index in [1.165, 1.54) is 18.4 Å². The van der Waals surface area contributed by atoms with Gasteiger partial charge in [0.2, 0.25) is 0 Å². The highest BCUT2D eigenvalue weighted by molar-refractivity contribution is 7.19. The maximum absolute atomic E-state index is 11.7. The summed E-state index contributed by atoms with van der Waals surface area (Å²) < 4.78 is 4.71. The number of anilines is 2. The fourth-order valence-corrected chi connectivity index (χ4v) is 3.83. The van der Waals surface area contributed by atoms with Gasteiger partial charge in [-0.3, -0.25) is 4.79 Å². The SMILES string of the molecule is COC(=O)c1sc(N2CCC(C(C)C)C2)c(C(N)=O)c1N. The molecule has 0 radical (unpaired) electrons. The van der Waals surface area contributed by atoms with Crippen molar-refractivity contribution in [1.82, 2.24) is 0 Å². The first-order chi connectivity index (χ1) is 9.86. The van der Waals surface area contributed by atoms with Crippen LogP contribution in [-0.2, 0) is 4.74 Å². The van der Waals surface area contributed by atoms with E-state index in [4.69, 9.17) is 16.2 Å². The number of nitrogens with two attached hydrogens (primary N) is 2. The van der Waals surface area contributed by atoms with Crippen LogP contribution in [0.15, 0.2) is 0 Å². The van der Waals surface area contributed by atoms with Gasteiger partial charge >= 0.3 is 5.97 Å². The molecule has 4 N–H and O–H groups in total. The van der Waals surface area contributed by atoms with Gasteiger partial charge in [0.05, 0.1) is 18.4 Å². The lowest BCUT2D eigenvalue weighted by Gasteiger charge is -2.19. The minimum Gasteiger partial charge on any atom is -0.465 e. The Bertz CT molecular complexity index is 568. The van der Waals surface area contributed by atoms with Crippen LogP contribution in [0.5, 0.6) is 0 Å². The van der Waals surface area contributed by atoms with Gasteiger partial charge in [-0.05, 0) is 18.3 Å². The van der Waals surface area contributed by atoms with Crippen LogP contribution < -0.4 is 16.4 Å². The number of rotatable bonds is 4. The maximum Gasteiger partial charge on any atom is 0.350 e. The van der Waals surface area contributed by atoms with Crippen molar-refractivity contribution in [1.29, 1.82) is 0 Å². The number of esters is 1. The molecule has 1 atom stereocenters. The molecule has 2 rings (SSSR count). The summed E-state index contributed by atoms with van der Waals surface area (Å²) in [6, 6.07) is 0. The van der Waals surface area contributed by atoms with Gasteiger partial charge in [-0.25, -0.2) is 4.79 Å². The molecule has 7 heteroatoms. The summed E-state index contributed by atoms with van der Waals surface area (Å²) in [4.78, 5) is 25.8.